The first-order valence-corrected chi connectivity index (χ1v) is 10.6. The Morgan fingerprint density at radius 2 is 2.00 bits per heavy atom. The van der Waals surface area contributed by atoms with E-state index in [9.17, 15) is 17.6 Å². The summed E-state index contributed by atoms with van der Waals surface area (Å²) < 4.78 is 41.2. The van der Waals surface area contributed by atoms with E-state index < -0.39 is 26.8 Å². The van der Waals surface area contributed by atoms with Gasteiger partial charge in [-0.1, -0.05) is 12.1 Å². The van der Waals surface area contributed by atoms with Crippen LogP contribution in [0.1, 0.15) is 6.42 Å². The van der Waals surface area contributed by atoms with Gasteiger partial charge in [0.15, 0.2) is 0 Å². The van der Waals surface area contributed by atoms with Crippen molar-refractivity contribution in [1.29, 1.82) is 0 Å². The molecule has 1 atom stereocenters. The third kappa shape index (κ3) is 6.10. The van der Waals surface area contributed by atoms with Crippen molar-refractivity contribution in [3.05, 3.63) is 30.1 Å². The predicted molar refractivity (Wildman–Crippen MR) is 100 cm³/mol. The number of sulfonamides is 1. The van der Waals surface area contributed by atoms with Crippen LogP contribution < -0.4 is 10.0 Å². The van der Waals surface area contributed by atoms with E-state index in [1.54, 1.807) is 4.90 Å². The molecule has 1 amide bonds. The van der Waals surface area contributed by atoms with Crippen LogP contribution in [0.15, 0.2) is 29.2 Å². The molecule has 0 saturated carbocycles. The summed E-state index contributed by atoms with van der Waals surface area (Å²) in [4.78, 5) is 13.9. The first-order chi connectivity index (χ1) is 11.5. The number of hydrogen-bond donors (Lipinski definition) is 2. The van der Waals surface area contributed by atoms with E-state index in [-0.39, 0.29) is 18.3 Å². The summed E-state index contributed by atoms with van der Waals surface area (Å²) in [6.45, 7) is 2.44. The zero-order valence-corrected chi connectivity index (χ0v) is 16.4. The highest BCUT2D eigenvalue weighted by molar-refractivity contribution is 7.98. The van der Waals surface area contributed by atoms with E-state index in [2.05, 4.69) is 10.0 Å². The van der Waals surface area contributed by atoms with Crippen molar-refractivity contribution in [3.8, 4) is 0 Å². The van der Waals surface area contributed by atoms with Gasteiger partial charge in [-0.05, 0) is 30.6 Å². The highest BCUT2D eigenvalue weighted by atomic mass is 35.5. The zero-order valence-electron chi connectivity index (χ0n) is 13.9. The number of carbonyl (C=O) groups excluding carboxylic acids is 1. The van der Waals surface area contributed by atoms with Crippen LogP contribution in [0.5, 0.6) is 0 Å². The molecule has 10 heteroatoms. The number of nitrogens with one attached hydrogen (secondary N) is 2. The van der Waals surface area contributed by atoms with Crippen LogP contribution >= 0.6 is 24.2 Å². The molecule has 1 aromatic carbocycles. The van der Waals surface area contributed by atoms with Crippen molar-refractivity contribution in [2.75, 3.05) is 38.2 Å². The van der Waals surface area contributed by atoms with Gasteiger partial charge in [0.1, 0.15) is 16.8 Å². The maximum Gasteiger partial charge on any atom is 0.244 e. The van der Waals surface area contributed by atoms with Crippen LogP contribution in [0.2, 0.25) is 0 Å². The van der Waals surface area contributed by atoms with E-state index in [4.69, 9.17) is 0 Å². The summed E-state index contributed by atoms with van der Waals surface area (Å²) >= 11 is 1.53. The first-order valence-electron chi connectivity index (χ1n) is 7.71. The Balaban J connectivity index is 0.00000312. The fourth-order valence-corrected chi connectivity index (χ4v) is 4.26. The van der Waals surface area contributed by atoms with Gasteiger partial charge in [0.25, 0.3) is 0 Å². The van der Waals surface area contributed by atoms with Crippen molar-refractivity contribution in [3.63, 3.8) is 0 Å². The Morgan fingerprint density at radius 3 is 2.60 bits per heavy atom. The molecule has 2 rings (SSSR count). The van der Waals surface area contributed by atoms with Crippen molar-refractivity contribution in [2.24, 2.45) is 0 Å². The van der Waals surface area contributed by atoms with Crippen LogP contribution in [0.25, 0.3) is 0 Å². The molecule has 1 aliphatic heterocycles. The second-order valence-electron chi connectivity index (χ2n) is 5.46. The van der Waals surface area contributed by atoms with E-state index in [1.165, 1.54) is 30.0 Å². The molecule has 0 radical (unpaired) electrons. The molecular formula is C15H23ClFN3O3S2. The quantitative estimate of drug-likeness (QED) is 0.702. The largest absolute Gasteiger partial charge is 0.339 e. The molecule has 1 aliphatic rings. The minimum Gasteiger partial charge on any atom is -0.339 e. The number of thioether (sulfide) groups is 1. The van der Waals surface area contributed by atoms with Gasteiger partial charge in [-0.2, -0.15) is 16.5 Å². The van der Waals surface area contributed by atoms with Gasteiger partial charge in [-0.3, -0.25) is 4.79 Å². The molecule has 0 aliphatic carbocycles. The van der Waals surface area contributed by atoms with Gasteiger partial charge < -0.3 is 10.2 Å². The van der Waals surface area contributed by atoms with Gasteiger partial charge in [0.2, 0.25) is 15.9 Å². The van der Waals surface area contributed by atoms with Crippen LogP contribution in [0.3, 0.4) is 0 Å². The lowest BCUT2D eigenvalue weighted by molar-refractivity contribution is -0.133. The summed E-state index contributed by atoms with van der Waals surface area (Å²) in [5.74, 6) is -0.462. The molecule has 142 valence electrons. The highest BCUT2D eigenvalue weighted by Gasteiger charge is 2.30. The molecule has 1 heterocycles. The molecule has 0 spiro atoms. The minimum absolute atomic E-state index is 0. The Morgan fingerprint density at radius 1 is 1.36 bits per heavy atom. The number of hydrogen-bond acceptors (Lipinski definition) is 5. The summed E-state index contributed by atoms with van der Waals surface area (Å²) in [6, 6.07) is 4.26. The van der Waals surface area contributed by atoms with Crippen molar-refractivity contribution in [1.82, 2.24) is 14.9 Å². The van der Waals surface area contributed by atoms with Crippen molar-refractivity contribution in [2.45, 2.75) is 17.4 Å². The van der Waals surface area contributed by atoms with E-state index in [1.807, 2.05) is 6.26 Å². The Labute approximate surface area is 158 Å². The second kappa shape index (κ2) is 10.3. The smallest absolute Gasteiger partial charge is 0.244 e. The number of benzene rings is 1. The Hall–Kier alpha value is -0.870. The fourth-order valence-electron chi connectivity index (χ4n) is 2.49. The lowest BCUT2D eigenvalue weighted by atomic mass is 10.2. The van der Waals surface area contributed by atoms with E-state index >= 15 is 0 Å². The lowest BCUT2D eigenvalue weighted by Gasteiger charge is -2.31. The number of amides is 1. The summed E-state index contributed by atoms with van der Waals surface area (Å²) in [5.41, 5.74) is 0. The monoisotopic (exact) mass is 411 g/mol. The molecule has 0 aromatic heterocycles. The zero-order chi connectivity index (χ0) is 17.6. The number of carbonyl (C=O) groups is 1. The maximum absolute atomic E-state index is 13.8. The molecule has 1 aromatic rings. The standard InChI is InChI=1S/C15H22FN3O3S2.ClH/c1-23-11-6-13(15(20)19-9-7-17-8-10-19)18-24(21,22)14-5-3-2-4-12(14)16;/h2-5,13,17-18H,6-11H2,1H3;1H. The molecular weight excluding hydrogens is 389 g/mol. The molecule has 25 heavy (non-hydrogen) atoms. The SMILES string of the molecule is CSCCC(NS(=O)(=O)c1ccccc1F)C(=O)N1CCNCC1.Cl. The fraction of sp³-hybridized carbons (Fsp3) is 0.533. The molecule has 1 unspecified atom stereocenters. The van der Waals surface area contributed by atoms with Gasteiger partial charge in [0, 0.05) is 26.2 Å². The molecule has 1 saturated heterocycles. The summed E-state index contributed by atoms with van der Waals surface area (Å²) in [5, 5.41) is 3.15. The van der Waals surface area contributed by atoms with Crippen LogP contribution in [-0.2, 0) is 14.8 Å². The van der Waals surface area contributed by atoms with E-state index in [0.717, 1.165) is 6.07 Å². The Kier molecular flexibility index (Phi) is 9.15. The third-order valence-electron chi connectivity index (χ3n) is 3.76. The normalized spacial score (nSPS) is 16.2. The number of piperazine rings is 1. The van der Waals surface area contributed by atoms with Crippen LogP contribution in [0, 0.1) is 5.82 Å². The van der Waals surface area contributed by atoms with Gasteiger partial charge in [-0.15, -0.1) is 12.4 Å². The van der Waals surface area contributed by atoms with Gasteiger partial charge >= 0.3 is 0 Å². The molecule has 6 nitrogen and oxygen atoms in total. The predicted octanol–water partition coefficient (Wildman–Crippen LogP) is 1.08. The van der Waals surface area contributed by atoms with Crippen LogP contribution in [-0.4, -0.2) is 63.5 Å². The van der Waals surface area contributed by atoms with Crippen LogP contribution in [0.4, 0.5) is 4.39 Å². The minimum atomic E-state index is -4.10. The molecule has 1 fully saturated rings. The third-order valence-corrected chi connectivity index (χ3v) is 5.91. The first kappa shape index (κ1) is 22.2. The summed E-state index contributed by atoms with van der Waals surface area (Å²) in [6.07, 6.45) is 2.25. The topological polar surface area (TPSA) is 78.5 Å². The average molecular weight is 412 g/mol. The van der Waals surface area contributed by atoms with E-state index in [0.29, 0.717) is 38.4 Å². The number of halogens is 2. The number of rotatable bonds is 7. The Bertz CT molecular complexity index is 670. The maximum atomic E-state index is 13.8. The second-order valence-corrected chi connectivity index (χ2v) is 8.13. The van der Waals surface area contributed by atoms with Gasteiger partial charge in [0.05, 0.1) is 0 Å². The molecule has 2 N–H and O–H groups in total. The average Bonchev–Trinajstić information content (AvgIpc) is 2.59. The van der Waals surface area contributed by atoms with Crippen molar-refractivity contribution >= 4 is 40.1 Å². The lowest BCUT2D eigenvalue weighted by Crippen LogP contribution is -2.54. The highest BCUT2D eigenvalue weighted by Crippen LogP contribution is 2.15. The number of nitrogens with zero attached hydrogens (tertiary/aromatic N) is 1. The summed E-state index contributed by atoms with van der Waals surface area (Å²) in [7, 11) is -4.10. The van der Waals surface area contributed by atoms with Gasteiger partial charge in [-0.25, -0.2) is 12.8 Å². The van der Waals surface area contributed by atoms with Crippen molar-refractivity contribution < 1.29 is 17.6 Å². The molecule has 0 bridgehead atoms.